The first-order chi connectivity index (χ1) is 14.3. The summed E-state index contributed by atoms with van der Waals surface area (Å²) in [4.78, 5) is -1.17. The van der Waals surface area contributed by atoms with Gasteiger partial charge >= 0.3 is 6.36 Å². The molecule has 166 valence electrons. The van der Waals surface area contributed by atoms with E-state index in [-0.39, 0.29) is 11.8 Å². The SMILES string of the molecule is NS(=O)(=O)c1cc(F)c(-c2cc(C(F)F)nn2-c2cccc(OC(F)(F)F)c2)cc1F. The van der Waals surface area contributed by atoms with Gasteiger partial charge in [-0.3, -0.25) is 0 Å². The quantitative estimate of drug-likeness (QED) is 0.565. The molecule has 0 unspecified atom stereocenters. The molecule has 31 heavy (non-hydrogen) atoms. The molecule has 0 aliphatic rings. The van der Waals surface area contributed by atoms with Gasteiger partial charge in [-0.25, -0.2) is 35.8 Å². The van der Waals surface area contributed by atoms with E-state index >= 15 is 0 Å². The van der Waals surface area contributed by atoms with Crippen LogP contribution in [-0.2, 0) is 10.0 Å². The molecule has 0 bridgehead atoms. The van der Waals surface area contributed by atoms with Crippen LogP contribution in [-0.4, -0.2) is 24.6 Å². The van der Waals surface area contributed by atoms with Gasteiger partial charge in [0.15, 0.2) is 0 Å². The van der Waals surface area contributed by atoms with Gasteiger partial charge in [0.2, 0.25) is 10.0 Å². The molecule has 14 heteroatoms. The second kappa shape index (κ2) is 7.85. The predicted molar refractivity (Wildman–Crippen MR) is 91.9 cm³/mol. The first-order valence-electron chi connectivity index (χ1n) is 8.03. The third-order valence-electron chi connectivity index (χ3n) is 3.85. The lowest BCUT2D eigenvalue weighted by Crippen LogP contribution is -2.17. The maximum atomic E-state index is 14.6. The molecule has 0 fully saturated rings. The van der Waals surface area contributed by atoms with Crippen LogP contribution >= 0.6 is 0 Å². The minimum Gasteiger partial charge on any atom is -0.406 e. The number of primary sulfonamides is 1. The summed E-state index contributed by atoms with van der Waals surface area (Å²) < 4.78 is 120. The Labute approximate surface area is 169 Å². The Balaban J connectivity index is 2.21. The number of rotatable bonds is 5. The van der Waals surface area contributed by atoms with E-state index in [4.69, 9.17) is 5.14 Å². The van der Waals surface area contributed by atoms with E-state index in [0.717, 1.165) is 24.3 Å². The van der Waals surface area contributed by atoms with Crippen molar-refractivity contribution < 1.29 is 43.9 Å². The van der Waals surface area contributed by atoms with Crippen LogP contribution in [0.15, 0.2) is 47.4 Å². The molecule has 1 aromatic heterocycles. The first-order valence-corrected chi connectivity index (χ1v) is 9.57. The number of benzene rings is 2. The van der Waals surface area contributed by atoms with E-state index in [9.17, 15) is 39.2 Å². The highest BCUT2D eigenvalue weighted by atomic mass is 32.2. The van der Waals surface area contributed by atoms with Crippen molar-refractivity contribution in [1.82, 2.24) is 9.78 Å². The standard InChI is InChI=1S/C17H10F7N3O3S/c18-11-6-15(31(25,28)29)12(19)5-10(11)14-7-13(16(20)21)26-27(14)8-2-1-3-9(4-8)30-17(22,23)24/h1-7,16H,(H2,25,28,29). The van der Waals surface area contributed by atoms with Crippen molar-refractivity contribution in [2.45, 2.75) is 17.7 Å². The molecule has 0 radical (unpaired) electrons. The van der Waals surface area contributed by atoms with Gasteiger partial charge in [-0.05, 0) is 30.3 Å². The smallest absolute Gasteiger partial charge is 0.406 e. The molecule has 2 aromatic carbocycles. The van der Waals surface area contributed by atoms with Crippen LogP contribution in [0.5, 0.6) is 5.75 Å². The van der Waals surface area contributed by atoms with Crippen molar-refractivity contribution in [3.8, 4) is 22.7 Å². The highest BCUT2D eigenvalue weighted by Gasteiger charge is 2.31. The second-order valence-corrected chi connectivity index (χ2v) is 7.55. The van der Waals surface area contributed by atoms with Crippen LogP contribution in [0, 0.1) is 11.6 Å². The summed E-state index contributed by atoms with van der Waals surface area (Å²) in [5.74, 6) is -3.55. The molecule has 1 heterocycles. The Morgan fingerprint density at radius 1 is 1.03 bits per heavy atom. The molecule has 2 N–H and O–H groups in total. The van der Waals surface area contributed by atoms with Crippen molar-refractivity contribution in [2.24, 2.45) is 5.14 Å². The zero-order chi connectivity index (χ0) is 23.1. The van der Waals surface area contributed by atoms with E-state index < -0.39 is 62.0 Å². The maximum Gasteiger partial charge on any atom is 0.573 e. The Bertz CT molecular complexity index is 1240. The van der Waals surface area contributed by atoms with E-state index in [1.165, 1.54) is 0 Å². The molecule has 6 nitrogen and oxygen atoms in total. The number of hydrogen-bond donors (Lipinski definition) is 1. The summed E-state index contributed by atoms with van der Waals surface area (Å²) in [6.45, 7) is 0. The topological polar surface area (TPSA) is 87.2 Å². The number of ether oxygens (including phenoxy) is 1. The second-order valence-electron chi connectivity index (χ2n) is 6.02. The molecule has 0 saturated heterocycles. The molecule has 0 aliphatic heterocycles. The van der Waals surface area contributed by atoms with Crippen LogP contribution in [0.1, 0.15) is 12.1 Å². The van der Waals surface area contributed by atoms with Gasteiger partial charge in [-0.15, -0.1) is 13.2 Å². The monoisotopic (exact) mass is 469 g/mol. The van der Waals surface area contributed by atoms with Gasteiger partial charge in [0.1, 0.15) is 28.0 Å². The van der Waals surface area contributed by atoms with Crippen LogP contribution in [0.3, 0.4) is 0 Å². The van der Waals surface area contributed by atoms with Gasteiger partial charge in [0, 0.05) is 11.6 Å². The molecule has 0 aliphatic carbocycles. The molecule has 3 rings (SSSR count). The van der Waals surface area contributed by atoms with Gasteiger partial charge in [-0.1, -0.05) is 6.07 Å². The zero-order valence-electron chi connectivity index (χ0n) is 14.9. The number of alkyl halides is 5. The largest absolute Gasteiger partial charge is 0.573 e. The molecule has 0 saturated carbocycles. The molecule has 0 spiro atoms. The molecule has 3 aromatic rings. The van der Waals surface area contributed by atoms with Crippen LogP contribution in [0.2, 0.25) is 0 Å². The summed E-state index contributed by atoms with van der Waals surface area (Å²) in [6.07, 6.45) is -8.20. The lowest BCUT2D eigenvalue weighted by Gasteiger charge is -2.12. The number of nitrogens with two attached hydrogens (primary N) is 1. The third-order valence-corrected chi connectivity index (χ3v) is 4.78. The predicted octanol–water partition coefficient (Wildman–Crippen LogP) is 4.30. The van der Waals surface area contributed by atoms with E-state index in [0.29, 0.717) is 16.8 Å². The fourth-order valence-corrected chi connectivity index (χ4v) is 3.25. The van der Waals surface area contributed by atoms with E-state index in [1.807, 2.05) is 0 Å². The fraction of sp³-hybridized carbons (Fsp3) is 0.118. The van der Waals surface area contributed by atoms with Gasteiger partial charge in [0.05, 0.1) is 11.4 Å². The molecule has 0 atom stereocenters. The minimum absolute atomic E-state index is 0.251. The maximum absolute atomic E-state index is 14.6. The number of aromatic nitrogens is 2. The first kappa shape index (κ1) is 22.6. The minimum atomic E-state index is -5.04. The van der Waals surface area contributed by atoms with Crippen LogP contribution in [0.25, 0.3) is 16.9 Å². The number of sulfonamides is 1. The Morgan fingerprint density at radius 3 is 2.29 bits per heavy atom. The van der Waals surface area contributed by atoms with Crippen molar-refractivity contribution >= 4 is 10.0 Å². The van der Waals surface area contributed by atoms with Crippen molar-refractivity contribution in [3.05, 3.63) is 59.8 Å². The van der Waals surface area contributed by atoms with Crippen molar-refractivity contribution in [2.75, 3.05) is 0 Å². The number of halogens is 7. The highest BCUT2D eigenvalue weighted by Crippen LogP contribution is 2.33. The summed E-state index contributed by atoms with van der Waals surface area (Å²) in [6, 6.07) is 5.28. The average Bonchev–Trinajstić information content (AvgIpc) is 3.06. The molecular weight excluding hydrogens is 459 g/mol. The summed E-state index contributed by atoms with van der Waals surface area (Å²) >= 11 is 0. The fourth-order valence-electron chi connectivity index (χ4n) is 2.65. The van der Waals surface area contributed by atoms with Crippen LogP contribution in [0.4, 0.5) is 30.7 Å². The Kier molecular flexibility index (Phi) is 5.71. The Morgan fingerprint density at radius 2 is 1.71 bits per heavy atom. The zero-order valence-corrected chi connectivity index (χ0v) is 15.7. The Hall–Kier alpha value is -3.13. The summed E-state index contributed by atoms with van der Waals surface area (Å²) in [7, 11) is -4.63. The van der Waals surface area contributed by atoms with Gasteiger partial charge in [0.25, 0.3) is 6.43 Å². The van der Waals surface area contributed by atoms with Crippen molar-refractivity contribution in [1.29, 1.82) is 0 Å². The lowest BCUT2D eigenvalue weighted by atomic mass is 10.1. The third kappa shape index (κ3) is 4.96. The summed E-state index contributed by atoms with van der Waals surface area (Å²) in [5, 5.41) is 8.32. The summed E-state index contributed by atoms with van der Waals surface area (Å²) in [5.41, 5.74) is -2.32. The highest BCUT2D eigenvalue weighted by molar-refractivity contribution is 7.89. The number of hydrogen-bond acceptors (Lipinski definition) is 4. The lowest BCUT2D eigenvalue weighted by molar-refractivity contribution is -0.274. The number of nitrogens with zero attached hydrogens (tertiary/aromatic N) is 2. The normalized spacial score (nSPS) is 12.4. The van der Waals surface area contributed by atoms with Crippen molar-refractivity contribution in [3.63, 3.8) is 0 Å². The van der Waals surface area contributed by atoms with Crippen LogP contribution < -0.4 is 9.88 Å². The molecular formula is C17H10F7N3O3S. The van der Waals surface area contributed by atoms with E-state index in [1.54, 1.807) is 0 Å². The van der Waals surface area contributed by atoms with E-state index in [2.05, 4.69) is 9.84 Å². The average molecular weight is 469 g/mol. The van der Waals surface area contributed by atoms with Gasteiger partial charge < -0.3 is 4.74 Å². The van der Waals surface area contributed by atoms with Gasteiger partial charge in [-0.2, -0.15) is 5.10 Å². The molecule has 0 amide bonds.